The molecule has 37 heavy (non-hydrogen) atoms. The van der Waals surface area contributed by atoms with Crippen molar-refractivity contribution in [3.63, 3.8) is 0 Å². The van der Waals surface area contributed by atoms with Crippen LogP contribution in [0.3, 0.4) is 0 Å². The Morgan fingerprint density at radius 2 is 1.57 bits per heavy atom. The summed E-state index contributed by atoms with van der Waals surface area (Å²) in [5, 5.41) is 3.55. The van der Waals surface area contributed by atoms with Crippen LogP contribution in [-0.2, 0) is 30.2 Å². The van der Waals surface area contributed by atoms with E-state index in [-0.39, 0.29) is 11.1 Å². The van der Waals surface area contributed by atoms with Crippen molar-refractivity contribution in [3.05, 3.63) is 114 Å². The number of methoxy groups -OCH3 is 2. The number of rotatable bonds is 9. The normalized spacial score (nSPS) is 20.4. The van der Waals surface area contributed by atoms with E-state index >= 15 is 0 Å². The summed E-state index contributed by atoms with van der Waals surface area (Å²) in [5.74, 6) is 0.123. The Balaban J connectivity index is 1.54. The Kier molecular flexibility index (Phi) is 6.79. The number of carbonyl (C=O) groups is 2. The molecule has 2 heterocycles. The first-order valence-corrected chi connectivity index (χ1v) is 12.0. The van der Waals surface area contributed by atoms with Crippen molar-refractivity contribution in [2.75, 3.05) is 19.5 Å². The zero-order chi connectivity index (χ0) is 25.8. The number of esters is 2. The number of ether oxygens (including phenoxy) is 4. The van der Waals surface area contributed by atoms with Gasteiger partial charge in [0.1, 0.15) is 23.2 Å². The van der Waals surface area contributed by atoms with Crippen LogP contribution < -0.4 is 10.1 Å². The Bertz CT molecular complexity index is 1350. The summed E-state index contributed by atoms with van der Waals surface area (Å²) < 4.78 is 22.5. The number of nitrogens with one attached hydrogen (secondary N) is 1. The summed E-state index contributed by atoms with van der Waals surface area (Å²) in [4.78, 5) is 25.8. The Morgan fingerprint density at radius 1 is 0.892 bits per heavy atom. The average molecular weight is 498 g/mol. The summed E-state index contributed by atoms with van der Waals surface area (Å²) in [6.07, 6.45) is 3.42. The second kappa shape index (κ2) is 10.3. The standard InChI is InChI=1S/C30H27NO6/c1-34-28(32)26-24-16-17-30(37-24,27(26)29(33)35-2)25(18-20-10-5-3-6-11-20)31-21-12-9-15-23(19-21)36-22-13-7-4-8-14-22/h3-17,19,24-25,31H,18H2,1-2H3. The maximum atomic E-state index is 13.1. The Hall–Kier alpha value is -4.36. The third kappa shape index (κ3) is 4.73. The monoisotopic (exact) mass is 497 g/mol. The van der Waals surface area contributed by atoms with Crippen LogP contribution in [0.1, 0.15) is 5.56 Å². The van der Waals surface area contributed by atoms with Crippen molar-refractivity contribution in [2.45, 2.75) is 24.2 Å². The van der Waals surface area contributed by atoms with E-state index in [4.69, 9.17) is 18.9 Å². The van der Waals surface area contributed by atoms with Gasteiger partial charge in [-0.3, -0.25) is 0 Å². The SMILES string of the molecule is COC(=O)C1=C(C(=O)OC)C2(C(Cc3ccccc3)Nc3cccc(Oc4ccccc4)c3)C=CC1O2. The van der Waals surface area contributed by atoms with Gasteiger partial charge in [0.2, 0.25) is 0 Å². The largest absolute Gasteiger partial charge is 0.466 e. The van der Waals surface area contributed by atoms with Crippen molar-refractivity contribution >= 4 is 17.6 Å². The molecule has 0 saturated heterocycles. The quantitative estimate of drug-likeness (QED) is 0.334. The van der Waals surface area contributed by atoms with E-state index in [0.29, 0.717) is 12.2 Å². The van der Waals surface area contributed by atoms with E-state index in [0.717, 1.165) is 17.0 Å². The Labute approximate surface area is 215 Å². The highest BCUT2D eigenvalue weighted by Gasteiger charge is 2.58. The maximum absolute atomic E-state index is 13.1. The molecule has 5 rings (SSSR count). The summed E-state index contributed by atoms with van der Waals surface area (Å²) in [5.41, 5.74) is 0.868. The summed E-state index contributed by atoms with van der Waals surface area (Å²) >= 11 is 0. The molecule has 3 aromatic rings. The highest BCUT2D eigenvalue weighted by Crippen LogP contribution is 2.47. The van der Waals surface area contributed by atoms with Crippen LogP contribution in [-0.4, -0.2) is 43.9 Å². The first kappa shape index (κ1) is 24.3. The van der Waals surface area contributed by atoms with Crippen molar-refractivity contribution in [1.82, 2.24) is 0 Å². The molecule has 7 nitrogen and oxygen atoms in total. The van der Waals surface area contributed by atoms with Crippen LogP contribution in [0.4, 0.5) is 5.69 Å². The van der Waals surface area contributed by atoms with E-state index in [1.807, 2.05) is 91.0 Å². The second-order valence-electron chi connectivity index (χ2n) is 8.79. The van der Waals surface area contributed by atoms with Gasteiger partial charge in [0.25, 0.3) is 0 Å². The summed E-state index contributed by atoms with van der Waals surface area (Å²) in [6.45, 7) is 0. The zero-order valence-electron chi connectivity index (χ0n) is 20.5. The molecule has 0 spiro atoms. The topological polar surface area (TPSA) is 83.1 Å². The molecule has 0 aliphatic carbocycles. The third-order valence-electron chi connectivity index (χ3n) is 6.53. The number of benzene rings is 3. The number of carbonyl (C=O) groups excluding carboxylic acids is 2. The molecule has 0 amide bonds. The van der Waals surface area contributed by atoms with Gasteiger partial charge in [0.05, 0.1) is 31.4 Å². The molecule has 1 N–H and O–H groups in total. The van der Waals surface area contributed by atoms with Gasteiger partial charge >= 0.3 is 11.9 Å². The fourth-order valence-corrected chi connectivity index (χ4v) is 4.88. The van der Waals surface area contributed by atoms with E-state index in [2.05, 4.69) is 5.32 Å². The van der Waals surface area contributed by atoms with E-state index in [1.165, 1.54) is 14.2 Å². The molecule has 2 aliphatic rings. The minimum absolute atomic E-state index is 0.152. The lowest BCUT2D eigenvalue weighted by molar-refractivity contribution is -0.139. The van der Waals surface area contributed by atoms with Gasteiger partial charge in [-0.05, 0) is 42.3 Å². The molecule has 2 bridgehead atoms. The van der Waals surface area contributed by atoms with Crippen LogP contribution in [0, 0.1) is 0 Å². The summed E-state index contributed by atoms with van der Waals surface area (Å²) in [7, 11) is 2.57. The maximum Gasteiger partial charge on any atom is 0.337 e. The van der Waals surface area contributed by atoms with Crippen molar-refractivity contribution in [3.8, 4) is 11.5 Å². The first-order chi connectivity index (χ1) is 18.0. The van der Waals surface area contributed by atoms with Crippen molar-refractivity contribution in [1.29, 1.82) is 0 Å². The van der Waals surface area contributed by atoms with Gasteiger partial charge < -0.3 is 24.3 Å². The zero-order valence-corrected chi connectivity index (χ0v) is 20.5. The lowest BCUT2D eigenvalue weighted by Gasteiger charge is -2.36. The number of hydrogen-bond donors (Lipinski definition) is 1. The molecule has 188 valence electrons. The van der Waals surface area contributed by atoms with E-state index in [9.17, 15) is 9.59 Å². The smallest absolute Gasteiger partial charge is 0.337 e. The molecule has 2 aliphatic heterocycles. The number of anilines is 1. The predicted molar refractivity (Wildman–Crippen MR) is 138 cm³/mol. The molecule has 0 saturated carbocycles. The number of hydrogen-bond acceptors (Lipinski definition) is 7. The van der Waals surface area contributed by atoms with Crippen LogP contribution in [0.2, 0.25) is 0 Å². The van der Waals surface area contributed by atoms with Gasteiger partial charge in [-0.1, -0.05) is 60.7 Å². The van der Waals surface area contributed by atoms with Crippen molar-refractivity contribution in [2.24, 2.45) is 0 Å². The van der Waals surface area contributed by atoms with Gasteiger partial charge in [-0.15, -0.1) is 0 Å². The minimum Gasteiger partial charge on any atom is -0.466 e. The molecular weight excluding hydrogens is 470 g/mol. The lowest BCUT2D eigenvalue weighted by Crippen LogP contribution is -2.49. The summed E-state index contributed by atoms with van der Waals surface area (Å²) in [6, 6.07) is 26.5. The van der Waals surface area contributed by atoms with Gasteiger partial charge in [0.15, 0.2) is 0 Å². The fourth-order valence-electron chi connectivity index (χ4n) is 4.88. The number of para-hydroxylation sites is 1. The predicted octanol–water partition coefficient (Wildman–Crippen LogP) is 4.85. The highest BCUT2D eigenvalue weighted by molar-refractivity contribution is 6.05. The molecule has 7 heteroatoms. The van der Waals surface area contributed by atoms with Crippen molar-refractivity contribution < 1.29 is 28.5 Å². The van der Waals surface area contributed by atoms with Crippen LogP contribution in [0.15, 0.2) is 108 Å². The van der Waals surface area contributed by atoms with Crippen LogP contribution in [0.25, 0.3) is 0 Å². The molecule has 3 atom stereocenters. The second-order valence-corrected chi connectivity index (χ2v) is 8.79. The molecule has 0 aromatic heterocycles. The number of fused-ring (bicyclic) bond motifs is 2. The molecule has 0 fully saturated rings. The lowest BCUT2D eigenvalue weighted by atomic mass is 9.79. The molecule has 3 aromatic carbocycles. The van der Waals surface area contributed by atoms with Gasteiger partial charge in [-0.25, -0.2) is 9.59 Å². The third-order valence-corrected chi connectivity index (χ3v) is 6.53. The van der Waals surface area contributed by atoms with Gasteiger partial charge in [-0.2, -0.15) is 0 Å². The molecule has 0 radical (unpaired) electrons. The Morgan fingerprint density at radius 3 is 2.27 bits per heavy atom. The van der Waals surface area contributed by atoms with Crippen LogP contribution in [0.5, 0.6) is 11.5 Å². The molecule has 3 unspecified atom stereocenters. The average Bonchev–Trinajstić information content (AvgIpc) is 3.52. The van der Waals surface area contributed by atoms with Crippen LogP contribution >= 0.6 is 0 Å². The van der Waals surface area contributed by atoms with E-state index in [1.54, 1.807) is 6.08 Å². The fraction of sp³-hybridized carbons (Fsp3) is 0.200. The molecular formula is C30H27NO6. The first-order valence-electron chi connectivity index (χ1n) is 12.0. The van der Waals surface area contributed by atoms with E-state index < -0.39 is 29.7 Å². The van der Waals surface area contributed by atoms with Gasteiger partial charge in [0, 0.05) is 11.8 Å². The minimum atomic E-state index is -1.24. The highest BCUT2D eigenvalue weighted by atomic mass is 16.6.